The van der Waals surface area contributed by atoms with E-state index in [4.69, 9.17) is 9.15 Å². The van der Waals surface area contributed by atoms with Crippen LogP contribution in [0.5, 0.6) is 5.75 Å². The molecule has 2 aromatic carbocycles. The highest BCUT2D eigenvalue weighted by Crippen LogP contribution is 2.31. The second-order valence-electron chi connectivity index (χ2n) is 7.78. The van der Waals surface area contributed by atoms with E-state index in [0.717, 1.165) is 22.4 Å². The quantitative estimate of drug-likeness (QED) is 0.402. The van der Waals surface area contributed by atoms with Gasteiger partial charge >= 0.3 is 0 Å². The molecule has 0 spiro atoms. The number of rotatable bonds is 7. The van der Waals surface area contributed by atoms with E-state index in [9.17, 15) is 0 Å². The van der Waals surface area contributed by atoms with Crippen LogP contribution in [0.15, 0.2) is 71.9 Å². The Morgan fingerprint density at radius 1 is 0.938 bits per heavy atom. The molecule has 0 aliphatic rings. The van der Waals surface area contributed by atoms with Gasteiger partial charge in [0.15, 0.2) is 0 Å². The largest absolute Gasteiger partial charge is 0.490 e. The molecule has 2 heterocycles. The van der Waals surface area contributed by atoms with Gasteiger partial charge in [-0.1, -0.05) is 43.0 Å². The zero-order valence-electron chi connectivity index (χ0n) is 18.6. The Labute approximate surface area is 187 Å². The van der Waals surface area contributed by atoms with E-state index in [1.165, 1.54) is 0 Å². The summed E-state index contributed by atoms with van der Waals surface area (Å²) in [6, 6.07) is 15.6. The van der Waals surface area contributed by atoms with Gasteiger partial charge in [0.1, 0.15) is 11.4 Å². The minimum absolute atomic E-state index is 0.0300. The number of aromatic nitrogens is 4. The summed E-state index contributed by atoms with van der Waals surface area (Å²) in [6.45, 7) is 8.04. The Morgan fingerprint density at radius 3 is 2.34 bits per heavy atom. The van der Waals surface area contributed by atoms with E-state index < -0.39 is 0 Å². The number of benzene rings is 2. The topological polar surface area (TPSA) is 77.2 Å². The molecule has 2 aromatic heterocycles. The summed E-state index contributed by atoms with van der Waals surface area (Å²) in [5.74, 6) is 1.36. The van der Waals surface area contributed by atoms with Crippen molar-refractivity contribution in [3.8, 4) is 40.0 Å². The summed E-state index contributed by atoms with van der Waals surface area (Å²) < 4.78 is 11.8. The Kier molecular flexibility index (Phi) is 5.98. The fourth-order valence-electron chi connectivity index (χ4n) is 3.14. The Balaban J connectivity index is 1.62. The predicted molar refractivity (Wildman–Crippen MR) is 125 cm³/mol. The third-order valence-corrected chi connectivity index (χ3v) is 4.81. The van der Waals surface area contributed by atoms with E-state index in [2.05, 4.69) is 26.7 Å². The SMILES string of the molecule is C=C(c1ccc(-c2cncc(-c3nnc(-c4ccccc4OC(C)C)o3)n2)cc1)N(C)C. The average molecular weight is 428 g/mol. The maximum absolute atomic E-state index is 5.92. The third kappa shape index (κ3) is 4.51. The number of para-hydroxylation sites is 1. The Hall–Kier alpha value is -4.00. The summed E-state index contributed by atoms with van der Waals surface area (Å²) in [5, 5.41) is 8.38. The van der Waals surface area contributed by atoms with Crippen molar-refractivity contribution >= 4 is 5.70 Å². The minimum Gasteiger partial charge on any atom is -0.490 e. The second kappa shape index (κ2) is 9.01. The van der Waals surface area contributed by atoms with Crippen molar-refractivity contribution in [1.82, 2.24) is 25.1 Å². The van der Waals surface area contributed by atoms with E-state index >= 15 is 0 Å². The van der Waals surface area contributed by atoms with Crippen LogP contribution >= 0.6 is 0 Å². The van der Waals surface area contributed by atoms with Gasteiger partial charge in [0, 0.05) is 25.4 Å². The lowest BCUT2D eigenvalue weighted by atomic mass is 10.1. The highest BCUT2D eigenvalue weighted by atomic mass is 16.5. The van der Waals surface area contributed by atoms with E-state index in [-0.39, 0.29) is 6.10 Å². The molecule has 4 rings (SSSR count). The first kappa shape index (κ1) is 21.2. The van der Waals surface area contributed by atoms with Gasteiger partial charge < -0.3 is 14.1 Å². The molecule has 7 heteroatoms. The molecule has 162 valence electrons. The molecule has 0 fully saturated rings. The molecular formula is C25H25N5O2. The monoisotopic (exact) mass is 427 g/mol. The van der Waals surface area contributed by atoms with Crippen molar-refractivity contribution in [2.24, 2.45) is 0 Å². The molecule has 7 nitrogen and oxygen atoms in total. The first-order valence-electron chi connectivity index (χ1n) is 10.3. The highest BCUT2D eigenvalue weighted by molar-refractivity contribution is 5.68. The first-order valence-corrected chi connectivity index (χ1v) is 10.3. The van der Waals surface area contributed by atoms with Gasteiger partial charge in [0.05, 0.1) is 29.8 Å². The van der Waals surface area contributed by atoms with E-state index in [0.29, 0.717) is 28.9 Å². The molecule has 0 saturated carbocycles. The van der Waals surface area contributed by atoms with Crippen LogP contribution in [-0.4, -0.2) is 45.3 Å². The maximum Gasteiger partial charge on any atom is 0.268 e. The van der Waals surface area contributed by atoms with Gasteiger partial charge in [0.25, 0.3) is 11.8 Å². The lowest BCUT2D eigenvalue weighted by molar-refractivity contribution is 0.243. The van der Waals surface area contributed by atoms with Crippen LogP contribution < -0.4 is 4.74 Å². The number of ether oxygens (including phenoxy) is 1. The predicted octanol–water partition coefficient (Wildman–Crippen LogP) is 5.18. The molecule has 0 saturated heterocycles. The van der Waals surface area contributed by atoms with Crippen LogP contribution in [0, 0.1) is 0 Å². The molecule has 32 heavy (non-hydrogen) atoms. The number of nitrogens with zero attached hydrogens (tertiary/aromatic N) is 5. The van der Waals surface area contributed by atoms with Crippen LogP contribution in [-0.2, 0) is 0 Å². The first-order chi connectivity index (χ1) is 15.4. The average Bonchev–Trinajstić information content (AvgIpc) is 3.29. The van der Waals surface area contributed by atoms with Gasteiger partial charge in [-0.25, -0.2) is 4.98 Å². The summed E-state index contributed by atoms with van der Waals surface area (Å²) in [6.07, 6.45) is 3.35. The van der Waals surface area contributed by atoms with Gasteiger partial charge in [-0.2, -0.15) is 0 Å². The molecule has 0 radical (unpaired) electrons. The molecule has 0 bridgehead atoms. The summed E-state index contributed by atoms with van der Waals surface area (Å²) in [7, 11) is 3.94. The van der Waals surface area contributed by atoms with Gasteiger partial charge in [-0.3, -0.25) is 4.98 Å². The van der Waals surface area contributed by atoms with Crippen molar-refractivity contribution in [2.75, 3.05) is 14.1 Å². The lowest BCUT2D eigenvalue weighted by Gasteiger charge is -2.15. The standard InChI is InChI=1S/C25H25N5O2/c1-16(2)31-23-9-7-6-8-20(23)24-28-29-25(32-24)22-15-26-14-21(27-22)19-12-10-18(11-13-19)17(3)30(4)5/h6-16H,3H2,1-2,4-5H3. The van der Waals surface area contributed by atoms with E-state index in [1.807, 2.05) is 81.4 Å². The summed E-state index contributed by atoms with van der Waals surface area (Å²) in [4.78, 5) is 11.0. The molecule has 0 aliphatic carbocycles. The van der Waals surface area contributed by atoms with Crippen molar-refractivity contribution in [2.45, 2.75) is 20.0 Å². The number of hydrogen-bond donors (Lipinski definition) is 0. The van der Waals surface area contributed by atoms with Crippen molar-refractivity contribution in [3.63, 3.8) is 0 Å². The van der Waals surface area contributed by atoms with Gasteiger partial charge in [-0.15, -0.1) is 10.2 Å². The normalized spacial score (nSPS) is 10.9. The molecule has 0 unspecified atom stereocenters. The zero-order chi connectivity index (χ0) is 22.7. The maximum atomic E-state index is 5.92. The van der Waals surface area contributed by atoms with Crippen molar-refractivity contribution in [1.29, 1.82) is 0 Å². The summed E-state index contributed by atoms with van der Waals surface area (Å²) in [5.41, 5.74) is 4.88. The molecule has 0 amide bonds. The minimum atomic E-state index is 0.0300. The second-order valence-corrected chi connectivity index (χ2v) is 7.78. The molecule has 0 N–H and O–H groups in total. The van der Waals surface area contributed by atoms with Crippen LogP contribution in [0.2, 0.25) is 0 Å². The third-order valence-electron chi connectivity index (χ3n) is 4.81. The van der Waals surface area contributed by atoms with Gasteiger partial charge in [-0.05, 0) is 31.5 Å². The highest BCUT2D eigenvalue weighted by Gasteiger charge is 2.17. The smallest absolute Gasteiger partial charge is 0.268 e. The fraction of sp³-hybridized carbons (Fsp3) is 0.200. The van der Waals surface area contributed by atoms with E-state index in [1.54, 1.807) is 12.4 Å². The van der Waals surface area contributed by atoms with Crippen molar-refractivity contribution in [3.05, 3.63) is 73.1 Å². The fourth-order valence-corrected chi connectivity index (χ4v) is 3.14. The van der Waals surface area contributed by atoms with Crippen molar-refractivity contribution < 1.29 is 9.15 Å². The summed E-state index contributed by atoms with van der Waals surface area (Å²) >= 11 is 0. The molecule has 0 aliphatic heterocycles. The van der Waals surface area contributed by atoms with Crippen LogP contribution in [0.3, 0.4) is 0 Å². The van der Waals surface area contributed by atoms with Crippen LogP contribution in [0.4, 0.5) is 0 Å². The Morgan fingerprint density at radius 2 is 1.62 bits per heavy atom. The lowest BCUT2D eigenvalue weighted by Crippen LogP contribution is -2.08. The van der Waals surface area contributed by atoms with Gasteiger partial charge in [0.2, 0.25) is 0 Å². The van der Waals surface area contributed by atoms with Crippen LogP contribution in [0.1, 0.15) is 19.4 Å². The van der Waals surface area contributed by atoms with Crippen LogP contribution in [0.25, 0.3) is 40.0 Å². The Bertz CT molecular complexity index is 1230. The molecular weight excluding hydrogens is 402 g/mol. The zero-order valence-corrected chi connectivity index (χ0v) is 18.6. The molecule has 0 atom stereocenters. The number of hydrogen-bond acceptors (Lipinski definition) is 7. The molecule has 4 aromatic rings.